The van der Waals surface area contributed by atoms with Crippen LogP contribution in [0.2, 0.25) is 10.0 Å². The minimum absolute atomic E-state index is 0.384. The number of ether oxygens (including phenoxy) is 1. The van der Waals surface area contributed by atoms with Crippen LogP contribution in [0.1, 0.15) is 5.56 Å². The highest BCUT2D eigenvalue weighted by Gasteiger charge is 2.18. The number of pyridine rings is 1. The smallest absolute Gasteiger partial charge is 0.219 e. The third kappa shape index (κ3) is 4.06. The topological polar surface area (TPSA) is 58.0 Å². The van der Waals surface area contributed by atoms with Crippen LogP contribution in [0.5, 0.6) is 11.6 Å². The van der Waals surface area contributed by atoms with Crippen LogP contribution in [-0.2, 0) is 0 Å². The Hall–Kier alpha value is -1.63. The maximum absolute atomic E-state index is 9.35. The van der Waals surface area contributed by atoms with Crippen LogP contribution >= 0.6 is 35.0 Å². The van der Waals surface area contributed by atoms with Gasteiger partial charge in [-0.25, -0.2) is 4.98 Å². The molecule has 0 radical (unpaired) electrons. The van der Waals surface area contributed by atoms with Crippen LogP contribution in [0.25, 0.3) is 0 Å². The normalized spacial score (nSPS) is 15.4. The van der Waals surface area contributed by atoms with Gasteiger partial charge in [-0.3, -0.25) is 0 Å². The molecule has 0 aliphatic carbocycles. The molecule has 8 heteroatoms. The Morgan fingerprint density at radius 1 is 1.21 bits per heavy atom. The first-order valence-corrected chi connectivity index (χ1v) is 9.22. The summed E-state index contributed by atoms with van der Waals surface area (Å²) in [4.78, 5) is 6.30. The van der Waals surface area contributed by atoms with Crippen LogP contribution in [-0.4, -0.2) is 45.5 Å². The Morgan fingerprint density at radius 2 is 2.00 bits per heavy atom. The first-order chi connectivity index (χ1) is 11.7. The zero-order chi connectivity index (χ0) is 16.9. The second kappa shape index (κ2) is 7.96. The highest BCUT2D eigenvalue weighted by Crippen LogP contribution is 2.31. The zero-order valence-corrected chi connectivity index (χ0v) is 15.0. The second-order valence-electron chi connectivity index (χ2n) is 5.08. The lowest BCUT2D eigenvalue weighted by Crippen LogP contribution is -2.38. The lowest BCUT2D eigenvalue weighted by Gasteiger charge is -2.28. The van der Waals surface area contributed by atoms with Crippen molar-refractivity contribution in [3.05, 3.63) is 52.1 Å². The van der Waals surface area contributed by atoms with Gasteiger partial charge in [0, 0.05) is 53.5 Å². The molecule has 1 aromatic heterocycles. The van der Waals surface area contributed by atoms with Crippen molar-refractivity contribution in [1.29, 1.82) is 0 Å². The van der Waals surface area contributed by atoms with Crippen molar-refractivity contribution >= 4 is 40.8 Å². The van der Waals surface area contributed by atoms with Gasteiger partial charge in [-0.1, -0.05) is 28.4 Å². The SMILES string of the molecule is O/N=C(/c1ccc(Oc2cc(Cl)ccc2Cl)nc1)N1CCSCC1. The molecule has 1 aliphatic rings. The average Bonchev–Trinajstić information content (AvgIpc) is 2.61. The van der Waals surface area contributed by atoms with Crippen molar-refractivity contribution in [2.75, 3.05) is 24.6 Å². The summed E-state index contributed by atoms with van der Waals surface area (Å²) in [6, 6.07) is 8.49. The number of nitrogens with zero attached hydrogens (tertiary/aromatic N) is 3. The Labute approximate surface area is 154 Å². The molecule has 1 fully saturated rings. The Kier molecular flexibility index (Phi) is 5.71. The molecule has 0 amide bonds. The molecule has 1 saturated heterocycles. The largest absolute Gasteiger partial charge is 0.437 e. The summed E-state index contributed by atoms with van der Waals surface area (Å²) in [5.74, 6) is 3.38. The summed E-state index contributed by atoms with van der Waals surface area (Å²) in [6.45, 7) is 1.70. The lowest BCUT2D eigenvalue weighted by molar-refractivity contribution is 0.303. The van der Waals surface area contributed by atoms with Crippen molar-refractivity contribution in [3.63, 3.8) is 0 Å². The Bertz CT molecular complexity index is 735. The first-order valence-electron chi connectivity index (χ1n) is 7.31. The molecule has 0 unspecified atom stereocenters. The van der Waals surface area contributed by atoms with Gasteiger partial charge in [0.15, 0.2) is 5.84 Å². The van der Waals surface area contributed by atoms with Gasteiger partial charge in [-0.2, -0.15) is 11.8 Å². The number of thioether (sulfide) groups is 1. The van der Waals surface area contributed by atoms with E-state index in [1.807, 2.05) is 16.7 Å². The number of rotatable bonds is 3. The Balaban J connectivity index is 1.76. The van der Waals surface area contributed by atoms with Gasteiger partial charge in [0.05, 0.1) is 5.02 Å². The molecule has 2 heterocycles. The summed E-state index contributed by atoms with van der Waals surface area (Å²) in [7, 11) is 0. The number of halogens is 2. The van der Waals surface area contributed by atoms with E-state index in [0.29, 0.717) is 27.5 Å². The number of amidine groups is 1. The van der Waals surface area contributed by atoms with E-state index in [4.69, 9.17) is 27.9 Å². The third-order valence-corrected chi connectivity index (χ3v) is 5.00. The quantitative estimate of drug-likeness (QED) is 0.369. The van der Waals surface area contributed by atoms with Gasteiger partial charge in [0.2, 0.25) is 5.88 Å². The van der Waals surface area contributed by atoms with E-state index >= 15 is 0 Å². The number of hydrogen-bond donors (Lipinski definition) is 1. The maximum Gasteiger partial charge on any atom is 0.219 e. The lowest BCUT2D eigenvalue weighted by atomic mass is 10.2. The predicted octanol–water partition coefficient (Wildman–Crippen LogP) is 4.37. The minimum atomic E-state index is 0.384. The van der Waals surface area contributed by atoms with E-state index in [2.05, 4.69) is 10.1 Å². The fraction of sp³-hybridized carbons (Fsp3) is 0.250. The Morgan fingerprint density at radius 3 is 2.67 bits per heavy atom. The molecule has 0 atom stereocenters. The maximum atomic E-state index is 9.35. The molecular formula is C16H15Cl2N3O2S. The van der Waals surface area contributed by atoms with Gasteiger partial charge in [0.1, 0.15) is 5.75 Å². The molecule has 2 aromatic rings. The molecule has 1 N–H and O–H groups in total. The average molecular weight is 384 g/mol. The zero-order valence-electron chi connectivity index (χ0n) is 12.7. The van der Waals surface area contributed by atoms with Gasteiger partial charge in [-0.15, -0.1) is 0 Å². The van der Waals surface area contributed by atoms with Gasteiger partial charge in [-0.05, 0) is 18.2 Å². The summed E-state index contributed by atoms with van der Waals surface area (Å²) < 4.78 is 5.66. The number of oxime groups is 1. The molecular weight excluding hydrogens is 369 g/mol. The van der Waals surface area contributed by atoms with Crippen molar-refractivity contribution < 1.29 is 9.94 Å². The fourth-order valence-electron chi connectivity index (χ4n) is 2.32. The van der Waals surface area contributed by atoms with E-state index < -0.39 is 0 Å². The van der Waals surface area contributed by atoms with Crippen LogP contribution in [0, 0.1) is 0 Å². The van der Waals surface area contributed by atoms with Crippen LogP contribution in [0.3, 0.4) is 0 Å². The fourth-order valence-corrected chi connectivity index (χ4v) is 3.54. The molecule has 0 bridgehead atoms. The van der Waals surface area contributed by atoms with E-state index in [9.17, 15) is 5.21 Å². The molecule has 126 valence electrons. The van der Waals surface area contributed by atoms with Crippen molar-refractivity contribution in [2.45, 2.75) is 0 Å². The standard InChI is InChI=1S/C16H15Cl2N3O2S/c17-12-2-3-13(18)14(9-12)23-15-4-1-11(10-19-15)16(20-22)21-5-7-24-8-6-21/h1-4,9-10,22H,5-8H2/b20-16-. The van der Waals surface area contributed by atoms with Crippen LogP contribution in [0.4, 0.5) is 0 Å². The summed E-state index contributed by atoms with van der Waals surface area (Å²) >= 11 is 13.9. The molecule has 3 rings (SSSR count). The summed E-state index contributed by atoms with van der Waals surface area (Å²) in [6.07, 6.45) is 1.62. The molecule has 0 saturated carbocycles. The van der Waals surface area contributed by atoms with Gasteiger partial charge >= 0.3 is 0 Å². The number of aromatic nitrogens is 1. The molecule has 1 aliphatic heterocycles. The van der Waals surface area contributed by atoms with Gasteiger partial charge < -0.3 is 14.8 Å². The van der Waals surface area contributed by atoms with E-state index in [1.165, 1.54) is 0 Å². The molecule has 5 nitrogen and oxygen atoms in total. The van der Waals surface area contributed by atoms with Crippen molar-refractivity contribution in [1.82, 2.24) is 9.88 Å². The minimum Gasteiger partial charge on any atom is -0.437 e. The summed E-state index contributed by atoms with van der Waals surface area (Å²) in [5, 5.41) is 13.8. The first kappa shape index (κ1) is 17.2. The highest BCUT2D eigenvalue weighted by molar-refractivity contribution is 7.99. The van der Waals surface area contributed by atoms with Crippen molar-refractivity contribution in [2.24, 2.45) is 5.16 Å². The van der Waals surface area contributed by atoms with E-state index in [-0.39, 0.29) is 0 Å². The molecule has 0 spiro atoms. The number of benzene rings is 1. The van der Waals surface area contributed by atoms with Crippen LogP contribution in [0.15, 0.2) is 41.7 Å². The summed E-state index contributed by atoms with van der Waals surface area (Å²) in [5.41, 5.74) is 0.731. The van der Waals surface area contributed by atoms with E-state index in [1.54, 1.807) is 36.5 Å². The van der Waals surface area contributed by atoms with E-state index in [0.717, 1.165) is 30.2 Å². The van der Waals surface area contributed by atoms with Crippen molar-refractivity contribution in [3.8, 4) is 11.6 Å². The molecule has 1 aromatic carbocycles. The molecule has 24 heavy (non-hydrogen) atoms. The third-order valence-electron chi connectivity index (χ3n) is 3.51. The number of hydrogen-bond acceptors (Lipinski definition) is 5. The second-order valence-corrected chi connectivity index (χ2v) is 7.15. The predicted molar refractivity (Wildman–Crippen MR) is 98.0 cm³/mol. The van der Waals surface area contributed by atoms with Crippen LogP contribution < -0.4 is 4.74 Å². The highest BCUT2D eigenvalue weighted by atomic mass is 35.5. The van der Waals surface area contributed by atoms with Gasteiger partial charge in [0.25, 0.3) is 0 Å². The monoisotopic (exact) mass is 383 g/mol.